The Balaban J connectivity index is 1.61. The Bertz CT molecular complexity index is 1030. The summed E-state index contributed by atoms with van der Waals surface area (Å²) in [7, 11) is -3.62. The van der Waals surface area contributed by atoms with Gasteiger partial charge in [0.15, 0.2) is 0 Å². The van der Waals surface area contributed by atoms with Crippen molar-refractivity contribution in [2.24, 2.45) is 5.92 Å². The predicted octanol–water partition coefficient (Wildman–Crippen LogP) is 3.13. The molecule has 0 fully saturated rings. The summed E-state index contributed by atoms with van der Waals surface area (Å²) in [5.41, 5.74) is 1.77. The van der Waals surface area contributed by atoms with E-state index in [0.29, 0.717) is 11.7 Å². The van der Waals surface area contributed by atoms with E-state index in [1.807, 2.05) is 24.3 Å². The minimum absolute atomic E-state index is 0.0254. The van der Waals surface area contributed by atoms with Crippen LogP contribution >= 0.6 is 0 Å². The Labute approximate surface area is 171 Å². The summed E-state index contributed by atoms with van der Waals surface area (Å²) in [6.07, 6.45) is 0.766. The van der Waals surface area contributed by atoms with Crippen LogP contribution in [0.3, 0.4) is 0 Å². The number of benzene rings is 2. The SMILES string of the molecule is CC(C)CC(NC(=O)CCNS(=O)(=O)c1ccccc1)c1nc2ccccc2[nH]1. The molecule has 3 N–H and O–H groups in total. The molecule has 7 nitrogen and oxygen atoms in total. The molecular weight excluding hydrogens is 388 g/mol. The van der Waals surface area contributed by atoms with Crippen LogP contribution in [0, 0.1) is 5.92 Å². The molecule has 1 atom stereocenters. The molecule has 0 spiro atoms. The van der Waals surface area contributed by atoms with Gasteiger partial charge < -0.3 is 10.3 Å². The maximum atomic E-state index is 12.5. The number of nitrogens with one attached hydrogen (secondary N) is 3. The van der Waals surface area contributed by atoms with Crippen LogP contribution in [0.25, 0.3) is 11.0 Å². The van der Waals surface area contributed by atoms with Crippen LogP contribution < -0.4 is 10.0 Å². The molecule has 1 heterocycles. The van der Waals surface area contributed by atoms with Crippen molar-refractivity contribution in [3.63, 3.8) is 0 Å². The largest absolute Gasteiger partial charge is 0.346 e. The van der Waals surface area contributed by atoms with E-state index in [2.05, 4.69) is 33.9 Å². The van der Waals surface area contributed by atoms with E-state index in [4.69, 9.17) is 0 Å². The molecule has 29 heavy (non-hydrogen) atoms. The molecule has 0 radical (unpaired) electrons. The van der Waals surface area contributed by atoms with Gasteiger partial charge in [0.25, 0.3) is 0 Å². The second kappa shape index (κ2) is 9.19. The highest BCUT2D eigenvalue weighted by molar-refractivity contribution is 7.89. The molecule has 0 bridgehead atoms. The fourth-order valence-corrected chi connectivity index (χ4v) is 4.15. The van der Waals surface area contributed by atoms with Crippen molar-refractivity contribution in [2.75, 3.05) is 6.54 Å². The molecule has 1 unspecified atom stereocenters. The summed E-state index contributed by atoms with van der Waals surface area (Å²) in [5.74, 6) is 0.829. The summed E-state index contributed by atoms with van der Waals surface area (Å²) < 4.78 is 27.0. The molecule has 8 heteroatoms. The molecule has 154 valence electrons. The number of hydrogen-bond donors (Lipinski definition) is 3. The first-order chi connectivity index (χ1) is 13.8. The van der Waals surface area contributed by atoms with E-state index >= 15 is 0 Å². The van der Waals surface area contributed by atoms with Gasteiger partial charge in [0, 0.05) is 13.0 Å². The van der Waals surface area contributed by atoms with Gasteiger partial charge in [0.2, 0.25) is 15.9 Å². The normalized spacial score (nSPS) is 12.9. The van der Waals surface area contributed by atoms with E-state index in [9.17, 15) is 13.2 Å². The Morgan fingerprint density at radius 3 is 2.45 bits per heavy atom. The van der Waals surface area contributed by atoms with Gasteiger partial charge in [-0.1, -0.05) is 44.2 Å². The number of aromatic amines is 1. The highest BCUT2D eigenvalue weighted by atomic mass is 32.2. The van der Waals surface area contributed by atoms with E-state index in [0.717, 1.165) is 17.5 Å². The zero-order chi connectivity index (χ0) is 20.9. The Kier molecular flexibility index (Phi) is 6.66. The monoisotopic (exact) mass is 414 g/mol. The Hall–Kier alpha value is -2.71. The Morgan fingerprint density at radius 2 is 1.76 bits per heavy atom. The number of sulfonamides is 1. The number of imidazole rings is 1. The maximum absolute atomic E-state index is 12.5. The lowest BCUT2D eigenvalue weighted by molar-refractivity contribution is -0.121. The summed E-state index contributed by atoms with van der Waals surface area (Å²) in [5, 5.41) is 2.98. The van der Waals surface area contributed by atoms with E-state index in [-0.39, 0.29) is 29.8 Å². The fourth-order valence-electron chi connectivity index (χ4n) is 3.10. The van der Waals surface area contributed by atoms with Crippen LogP contribution in [0.4, 0.5) is 0 Å². The lowest BCUT2D eigenvalue weighted by Crippen LogP contribution is -2.34. The smallest absolute Gasteiger partial charge is 0.240 e. The van der Waals surface area contributed by atoms with Gasteiger partial charge in [-0.25, -0.2) is 18.1 Å². The molecule has 2 aromatic carbocycles. The number of para-hydroxylation sites is 2. The zero-order valence-electron chi connectivity index (χ0n) is 16.6. The number of rotatable bonds is 9. The topological polar surface area (TPSA) is 104 Å². The lowest BCUT2D eigenvalue weighted by Gasteiger charge is -2.19. The second-order valence-corrected chi connectivity index (χ2v) is 9.12. The number of fused-ring (bicyclic) bond motifs is 1. The number of amides is 1. The Morgan fingerprint density at radius 1 is 1.07 bits per heavy atom. The van der Waals surface area contributed by atoms with Crippen LogP contribution in [-0.2, 0) is 14.8 Å². The number of nitrogens with zero attached hydrogens (tertiary/aromatic N) is 1. The molecular formula is C21H26N4O3S. The predicted molar refractivity (Wildman–Crippen MR) is 113 cm³/mol. The van der Waals surface area contributed by atoms with Gasteiger partial charge in [-0.2, -0.15) is 0 Å². The molecule has 1 amide bonds. The first-order valence-electron chi connectivity index (χ1n) is 9.64. The third-order valence-corrected chi connectivity index (χ3v) is 5.95. The fraction of sp³-hybridized carbons (Fsp3) is 0.333. The standard InChI is InChI=1S/C21H26N4O3S/c1-15(2)14-19(21-24-17-10-6-7-11-18(17)25-21)23-20(26)12-13-22-29(27,28)16-8-4-3-5-9-16/h3-11,15,19,22H,12-14H2,1-2H3,(H,23,26)(H,24,25). The number of carbonyl (C=O) groups excluding carboxylic acids is 1. The minimum atomic E-state index is -3.62. The van der Waals surface area contributed by atoms with Gasteiger partial charge in [-0.15, -0.1) is 0 Å². The molecule has 3 aromatic rings. The lowest BCUT2D eigenvalue weighted by atomic mass is 10.0. The highest BCUT2D eigenvalue weighted by Crippen LogP contribution is 2.22. The van der Waals surface area contributed by atoms with Crippen molar-refractivity contribution in [1.29, 1.82) is 0 Å². The summed E-state index contributed by atoms with van der Waals surface area (Å²) >= 11 is 0. The number of H-pyrrole nitrogens is 1. The molecule has 3 rings (SSSR count). The van der Waals surface area contributed by atoms with Crippen molar-refractivity contribution in [1.82, 2.24) is 20.0 Å². The number of hydrogen-bond acceptors (Lipinski definition) is 4. The second-order valence-electron chi connectivity index (χ2n) is 7.35. The first kappa shape index (κ1) is 21.0. The quantitative estimate of drug-likeness (QED) is 0.500. The van der Waals surface area contributed by atoms with Crippen LogP contribution in [0.5, 0.6) is 0 Å². The van der Waals surface area contributed by atoms with Gasteiger partial charge in [0.05, 0.1) is 22.0 Å². The van der Waals surface area contributed by atoms with Crippen molar-refractivity contribution in [3.05, 3.63) is 60.4 Å². The highest BCUT2D eigenvalue weighted by Gasteiger charge is 2.20. The minimum Gasteiger partial charge on any atom is -0.346 e. The average molecular weight is 415 g/mol. The maximum Gasteiger partial charge on any atom is 0.240 e. The molecule has 0 saturated carbocycles. The third kappa shape index (κ3) is 5.65. The van der Waals surface area contributed by atoms with Gasteiger partial charge in [0.1, 0.15) is 5.82 Å². The summed E-state index contributed by atoms with van der Waals surface area (Å²) in [6, 6.07) is 15.5. The van der Waals surface area contributed by atoms with Crippen molar-refractivity contribution in [3.8, 4) is 0 Å². The molecule has 0 aliphatic heterocycles. The van der Waals surface area contributed by atoms with Crippen molar-refractivity contribution >= 4 is 27.0 Å². The first-order valence-corrected chi connectivity index (χ1v) is 11.1. The summed E-state index contributed by atoms with van der Waals surface area (Å²) in [6.45, 7) is 4.18. The average Bonchev–Trinajstić information content (AvgIpc) is 3.12. The zero-order valence-corrected chi connectivity index (χ0v) is 17.4. The van der Waals surface area contributed by atoms with Crippen molar-refractivity contribution in [2.45, 2.75) is 37.6 Å². The van der Waals surface area contributed by atoms with Crippen LogP contribution in [0.15, 0.2) is 59.5 Å². The third-order valence-electron chi connectivity index (χ3n) is 4.48. The summed E-state index contributed by atoms with van der Waals surface area (Å²) in [4.78, 5) is 20.5. The van der Waals surface area contributed by atoms with E-state index in [1.54, 1.807) is 18.2 Å². The molecule has 0 aliphatic rings. The van der Waals surface area contributed by atoms with Gasteiger partial charge in [-0.05, 0) is 36.6 Å². The van der Waals surface area contributed by atoms with Gasteiger partial charge >= 0.3 is 0 Å². The van der Waals surface area contributed by atoms with Crippen LogP contribution in [0.2, 0.25) is 0 Å². The van der Waals surface area contributed by atoms with Crippen LogP contribution in [0.1, 0.15) is 38.6 Å². The molecule has 0 aliphatic carbocycles. The van der Waals surface area contributed by atoms with E-state index < -0.39 is 10.0 Å². The van der Waals surface area contributed by atoms with E-state index in [1.165, 1.54) is 12.1 Å². The van der Waals surface area contributed by atoms with Crippen molar-refractivity contribution < 1.29 is 13.2 Å². The molecule has 0 saturated heterocycles. The van der Waals surface area contributed by atoms with Gasteiger partial charge in [-0.3, -0.25) is 4.79 Å². The number of aromatic nitrogens is 2. The number of carbonyl (C=O) groups is 1. The van der Waals surface area contributed by atoms with Crippen LogP contribution in [-0.4, -0.2) is 30.8 Å². The molecule has 1 aromatic heterocycles.